The van der Waals surface area contributed by atoms with Gasteiger partial charge in [-0.2, -0.15) is 0 Å². The first-order valence-electron chi connectivity index (χ1n) is 5.96. The zero-order chi connectivity index (χ0) is 14.7. The molecular weight excluding hydrogens is 391 g/mol. The molecule has 106 valence electrons. The second-order valence-corrected chi connectivity index (χ2v) is 6.06. The Morgan fingerprint density at radius 3 is 2.50 bits per heavy atom. The van der Waals surface area contributed by atoms with Crippen LogP contribution in [0.2, 0.25) is 0 Å². The minimum absolute atomic E-state index is 0.303. The fourth-order valence-electron chi connectivity index (χ4n) is 1.90. The maximum atomic E-state index is 13.0. The smallest absolute Gasteiger partial charge is 0.133 e. The van der Waals surface area contributed by atoms with Crippen LogP contribution in [0, 0.1) is 5.82 Å². The Morgan fingerprint density at radius 2 is 1.90 bits per heavy atom. The topological polar surface area (TPSA) is 29.5 Å². The van der Waals surface area contributed by atoms with Crippen LogP contribution in [0.5, 0.6) is 5.75 Å². The first-order chi connectivity index (χ1) is 9.51. The number of benzene rings is 2. The summed E-state index contributed by atoms with van der Waals surface area (Å²) in [6.45, 7) is 0. The van der Waals surface area contributed by atoms with Crippen molar-refractivity contribution in [3.05, 3.63) is 62.3 Å². The van der Waals surface area contributed by atoms with E-state index in [4.69, 9.17) is 4.74 Å². The summed E-state index contributed by atoms with van der Waals surface area (Å²) in [5.74, 6) is 0.409. The predicted molar refractivity (Wildman–Crippen MR) is 83.5 cm³/mol. The molecule has 0 aliphatic heterocycles. The molecule has 0 spiro atoms. The van der Waals surface area contributed by atoms with E-state index in [2.05, 4.69) is 31.9 Å². The van der Waals surface area contributed by atoms with Gasteiger partial charge in [0.1, 0.15) is 11.6 Å². The van der Waals surface area contributed by atoms with Gasteiger partial charge in [0.25, 0.3) is 0 Å². The molecular formula is C15H13Br2FO2. The molecule has 1 unspecified atom stereocenters. The van der Waals surface area contributed by atoms with Crippen LogP contribution >= 0.6 is 31.9 Å². The number of rotatable bonds is 4. The van der Waals surface area contributed by atoms with Crippen LogP contribution in [-0.4, -0.2) is 12.2 Å². The first kappa shape index (κ1) is 15.5. The standard InChI is InChI=1S/C15H13Br2FO2/c1-20-15-5-3-10(6-13(15)17)14(19)7-9-2-4-11(18)8-12(9)16/h2-6,8,14,19H,7H2,1H3. The number of methoxy groups -OCH3 is 1. The molecule has 2 aromatic carbocycles. The number of aliphatic hydroxyl groups excluding tert-OH is 1. The summed E-state index contributed by atoms with van der Waals surface area (Å²) in [5, 5.41) is 10.3. The third kappa shape index (κ3) is 3.59. The van der Waals surface area contributed by atoms with E-state index in [1.54, 1.807) is 19.2 Å². The molecule has 0 radical (unpaired) electrons. The Labute approximate surface area is 133 Å². The van der Waals surface area contributed by atoms with E-state index >= 15 is 0 Å². The Hall–Kier alpha value is -0.910. The van der Waals surface area contributed by atoms with Gasteiger partial charge in [0.2, 0.25) is 0 Å². The van der Waals surface area contributed by atoms with Crippen LogP contribution < -0.4 is 4.74 Å². The molecule has 0 aliphatic carbocycles. The Morgan fingerprint density at radius 1 is 1.15 bits per heavy atom. The van der Waals surface area contributed by atoms with Crippen LogP contribution in [0.15, 0.2) is 45.3 Å². The number of hydrogen-bond donors (Lipinski definition) is 1. The number of hydrogen-bond acceptors (Lipinski definition) is 2. The molecule has 0 fully saturated rings. The van der Waals surface area contributed by atoms with Crippen molar-refractivity contribution in [2.45, 2.75) is 12.5 Å². The second-order valence-electron chi connectivity index (χ2n) is 4.35. The van der Waals surface area contributed by atoms with E-state index in [1.165, 1.54) is 12.1 Å². The maximum absolute atomic E-state index is 13.0. The molecule has 1 atom stereocenters. The third-order valence-corrected chi connectivity index (χ3v) is 4.35. The van der Waals surface area contributed by atoms with Crippen molar-refractivity contribution in [2.75, 3.05) is 7.11 Å². The van der Waals surface area contributed by atoms with Crippen molar-refractivity contribution in [3.8, 4) is 5.75 Å². The van der Waals surface area contributed by atoms with Crippen LogP contribution in [-0.2, 0) is 6.42 Å². The second kappa shape index (κ2) is 6.70. The minimum atomic E-state index is -0.668. The molecule has 0 saturated carbocycles. The molecule has 0 aromatic heterocycles. The lowest BCUT2D eigenvalue weighted by Crippen LogP contribution is -2.03. The monoisotopic (exact) mass is 402 g/mol. The zero-order valence-electron chi connectivity index (χ0n) is 10.7. The fraction of sp³-hybridized carbons (Fsp3) is 0.200. The average Bonchev–Trinajstić information content (AvgIpc) is 2.41. The number of halogens is 3. The number of aliphatic hydroxyl groups is 1. The lowest BCUT2D eigenvalue weighted by molar-refractivity contribution is 0.178. The van der Waals surface area contributed by atoms with Gasteiger partial charge in [-0.3, -0.25) is 0 Å². The van der Waals surface area contributed by atoms with E-state index in [1.807, 2.05) is 12.1 Å². The van der Waals surface area contributed by atoms with Gasteiger partial charge in [0, 0.05) is 10.9 Å². The molecule has 2 aromatic rings. The normalized spacial score (nSPS) is 12.2. The molecule has 5 heteroatoms. The highest BCUT2D eigenvalue weighted by Crippen LogP contribution is 2.30. The van der Waals surface area contributed by atoms with Crippen molar-refractivity contribution >= 4 is 31.9 Å². The number of ether oxygens (including phenoxy) is 1. The molecule has 1 N–H and O–H groups in total. The van der Waals surface area contributed by atoms with Crippen molar-refractivity contribution < 1.29 is 14.2 Å². The summed E-state index contributed by atoms with van der Waals surface area (Å²) in [6, 6.07) is 9.87. The van der Waals surface area contributed by atoms with E-state index in [-0.39, 0.29) is 5.82 Å². The van der Waals surface area contributed by atoms with Gasteiger partial charge >= 0.3 is 0 Å². The zero-order valence-corrected chi connectivity index (χ0v) is 13.9. The highest BCUT2D eigenvalue weighted by molar-refractivity contribution is 9.10. The maximum Gasteiger partial charge on any atom is 0.133 e. The summed E-state index contributed by atoms with van der Waals surface area (Å²) in [5.41, 5.74) is 1.62. The summed E-state index contributed by atoms with van der Waals surface area (Å²) in [7, 11) is 1.59. The molecule has 0 aliphatic rings. The van der Waals surface area contributed by atoms with Crippen molar-refractivity contribution in [1.82, 2.24) is 0 Å². The predicted octanol–water partition coefficient (Wildman–Crippen LogP) is 4.64. The lowest BCUT2D eigenvalue weighted by Gasteiger charge is -2.14. The van der Waals surface area contributed by atoms with Crippen LogP contribution in [0.25, 0.3) is 0 Å². The molecule has 2 rings (SSSR count). The minimum Gasteiger partial charge on any atom is -0.496 e. The molecule has 2 nitrogen and oxygen atoms in total. The highest BCUT2D eigenvalue weighted by atomic mass is 79.9. The van der Waals surface area contributed by atoms with Crippen molar-refractivity contribution in [3.63, 3.8) is 0 Å². The van der Waals surface area contributed by atoms with Crippen LogP contribution in [0.1, 0.15) is 17.2 Å². The van der Waals surface area contributed by atoms with E-state index < -0.39 is 6.10 Å². The van der Waals surface area contributed by atoms with Gasteiger partial charge in [-0.1, -0.05) is 28.1 Å². The largest absolute Gasteiger partial charge is 0.496 e. The van der Waals surface area contributed by atoms with Crippen molar-refractivity contribution in [1.29, 1.82) is 0 Å². The average molecular weight is 404 g/mol. The van der Waals surface area contributed by atoms with Crippen molar-refractivity contribution in [2.24, 2.45) is 0 Å². The fourth-order valence-corrected chi connectivity index (χ4v) is 2.97. The highest BCUT2D eigenvalue weighted by Gasteiger charge is 2.13. The Bertz CT molecular complexity index is 617. The Kier molecular flexibility index (Phi) is 5.18. The van der Waals surface area contributed by atoms with Crippen LogP contribution in [0.4, 0.5) is 4.39 Å². The molecule has 20 heavy (non-hydrogen) atoms. The Balaban J connectivity index is 2.19. The summed E-state index contributed by atoms with van der Waals surface area (Å²) >= 11 is 6.70. The lowest BCUT2D eigenvalue weighted by atomic mass is 10.0. The van der Waals surface area contributed by atoms with E-state index in [9.17, 15) is 9.50 Å². The molecule has 0 heterocycles. The van der Waals surface area contributed by atoms with E-state index in [0.717, 1.165) is 15.6 Å². The van der Waals surface area contributed by atoms with Gasteiger partial charge in [0.05, 0.1) is 17.7 Å². The third-order valence-electron chi connectivity index (χ3n) is 2.99. The molecule has 0 amide bonds. The quantitative estimate of drug-likeness (QED) is 0.805. The summed E-state index contributed by atoms with van der Waals surface area (Å²) in [4.78, 5) is 0. The van der Waals surface area contributed by atoms with Gasteiger partial charge in [0.15, 0.2) is 0 Å². The summed E-state index contributed by atoms with van der Waals surface area (Å²) in [6.07, 6.45) is -0.265. The first-order valence-corrected chi connectivity index (χ1v) is 7.55. The van der Waals surface area contributed by atoms with Gasteiger partial charge in [-0.15, -0.1) is 0 Å². The van der Waals surface area contributed by atoms with Crippen LogP contribution in [0.3, 0.4) is 0 Å². The van der Waals surface area contributed by atoms with E-state index in [0.29, 0.717) is 16.6 Å². The van der Waals surface area contributed by atoms with Gasteiger partial charge in [-0.25, -0.2) is 4.39 Å². The SMILES string of the molecule is COc1ccc(C(O)Cc2ccc(F)cc2Br)cc1Br. The summed E-state index contributed by atoms with van der Waals surface area (Å²) < 4.78 is 19.6. The molecule has 0 bridgehead atoms. The van der Waals surface area contributed by atoms with Gasteiger partial charge < -0.3 is 9.84 Å². The molecule has 0 saturated heterocycles. The van der Waals surface area contributed by atoms with Gasteiger partial charge in [-0.05, 0) is 51.3 Å².